The van der Waals surface area contributed by atoms with Crippen molar-refractivity contribution in [2.45, 2.75) is 19.6 Å². The number of piperazine rings is 1. The first kappa shape index (κ1) is 27.2. The van der Waals surface area contributed by atoms with Gasteiger partial charge in [0.2, 0.25) is 6.10 Å². The van der Waals surface area contributed by atoms with E-state index in [2.05, 4.69) is 4.90 Å². The number of carbonyl (C=O) groups excluding carboxylic acids is 2. The highest BCUT2D eigenvalue weighted by atomic mass is 16.6. The first-order valence-electron chi connectivity index (χ1n) is 13.3. The van der Waals surface area contributed by atoms with Crippen LogP contribution in [0.15, 0.2) is 83.7 Å². The molecule has 40 heavy (non-hydrogen) atoms. The second-order valence-electron chi connectivity index (χ2n) is 9.83. The maximum absolute atomic E-state index is 13.6. The van der Waals surface area contributed by atoms with Gasteiger partial charge in [-0.25, -0.2) is 9.78 Å². The van der Waals surface area contributed by atoms with Crippen molar-refractivity contribution < 1.29 is 19.1 Å². The molecule has 3 aromatic carbocycles. The average Bonchev–Trinajstić information content (AvgIpc) is 2.98. The van der Waals surface area contributed by atoms with Crippen molar-refractivity contribution in [3.05, 3.63) is 106 Å². The molecule has 0 aliphatic carbocycles. The highest BCUT2D eigenvalue weighted by Crippen LogP contribution is 2.20. The zero-order chi connectivity index (χ0) is 28.1. The van der Waals surface area contributed by atoms with Crippen LogP contribution in [0, 0.1) is 6.92 Å². The standard InChI is InChI=1S/C31H32N4O5/c1-22-10-6-9-15-26(22)35-27(32-25-14-8-7-13-24(25)30(35)37)20-33-16-18-34(19-17-33)21-28(36)40-29(31(38)39-2)23-11-4-3-5-12-23/h3-15,29H,16-21H2,1-2H3. The third-order valence-electron chi connectivity index (χ3n) is 7.15. The van der Waals surface area contributed by atoms with E-state index in [1.807, 2.05) is 66.4 Å². The van der Waals surface area contributed by atoms with Gasteiger partial charge in [-0.15, -0.1) is 0 Å². The lowest BCUT2D eigenvalue weighted by Gasteiger charge is -2.34. The van der Waals surface area contributed by atoms with Crippen LogP contribution in [0.1, 0.15) is 23.1 Å². The molecule has 0 bridgehead atoms. The number of rotatable bonds is 8. The number of nitrogens with zero attached hydrogens (tertiary/aromatic N) is 4. The van der Waals surface area contributed by atoms with Crippen molar-refractivity contribution in [1.82, 2.24) is 19.4 Å². The molecule has 2 heterocycles. The Morgan fingerprint density at radius 2 is 1.52 bits per heavy atom. The minimum Gasteiger partial charge on any atom is -0.466 e. The predicted molar refractivity (Wildman–Crippen MR) is 151 cm³/mol. The lowest BCUT2D eigenvalue weighted by Crippen LogP contribution is -2.48. The summed E-state index contributed by atoms with van der Waals surface area (Å²) in [7, 11) is 1.27. The molecule has 1 aromatic heterocycles. The average molecular weight is 541 g/mol. The molecular weight excluding hydrogens is 508 g/mol. The van der Waals surface area contributed by atoms with Crippen LogP contribution in [0.25, 0.3) is 16.6 Å². The summed E-state index contributed by atoms with van der Waals surface area (Å²) in [6.07, 6.45) is -1.10. The summed E-state index contributed by atoms with van der Waals surface area (Å²) in [6, 6.07) is 24.1. The van der Waals surface area contributed by atoms with Crippen LogP contribution in [-0.2, 0) is 25.6 Å². The molecule has 1 atom stereocenters. The fourth-order valence-corrected chi connectivity index (χ4v) is 4.99. The zero-order valence-corrected chi connectivity index (χ0v) is 22.7. The summed E-state index contributed by atoms with van der Waals surface area (Å²) in [5, 5.41) is 0.582. The van der Waals surface area contributed by atoms with Gasteiger partial charge < -0.3 is 9.47 Å². The normalized spacial score (nSPS) is 15.1. The summed E-state index contributed by atoms with van der Waals surface area (Å²) >= 11 is 0. The van der Waals surface area contributed by atoms with Crippen molar-refractivity contribution >= 4 is 22.8 Å². The quantitative estimate of drug-likeness (QED) is 0.315. The second kappa shape index (κ2) is 12.2. The third-order valence-corrected chi connectivity index (χ3v) is 7.15. The van der Waals surface area contributed by atoms with Crippen molar-refractivity contribution in [3.63, 3.8) is 0 Å². The van der Waals surface area contributed by atoms with E-state index in [1.54, 1.807) is 28.8 Å². The smallest absolute Gasteiger partial charge is 0.351 e. The Labute approximate surface area is 232 Å². The molecule has 4 aromatic rings. The van der Waals surface area contributed by atoms with Gasteiger partial charge >= 0.3 is 11.9 Å². The van der Waals surface area contributed by atoms with Crippen molar-refractivity contribution in [3.8, 4) is 5.69 Å². The van der Waals surface area contributed by atoms with Crippen molar-refractivity contribution in [1.29, 1.82) is 0 Å². The lowest BCUT2D eigenvalue weighted by atomic mass is 10.1. The number of esters is 2. The van der Waals surface area contributed by atoms with E-state index >= 15 is 0 Å². The Morgan fingerprint density at radius 1 is 0.875 bits per heavy atom. The number of methoxy groups -OCH3 is 1. The van der Waals surface area contributed by atoms with Gasteiger partial charge in [-0.1, -0.05) is 60.7 Å². The monoisotopic (exact) mass is 540 g/mol. The number of hydrogen-bond acceptors (Lipinski definition) is 8. The molecule has 0 saturated carbocycles. The molecule has 0 spiro atoms. The maximum atomic E-state index is 13.6. The Bertz CT molecular complexity index is 1560. The molecule has 206 valence electrons. The van der Waals surface area contributed by atoms with Gasteiger partial charge in [0.15, 0.2) is 0 Å². The van der Waals surface area contributed by atoms with Gasteiger partial charge in [0, 0.05) is 31.7 Å². The van der Waals surface area contributed by atoms with E-state index in [0.29, 0.717) is 55.0 Å². The Hall–Kier alpha value is -4.34. The van der Waals surface area contributed by atoms with Gasteiger partial charge in [-0.05, 0) is 30.7 Å². The number of para-hydroxylation sites is 2. The lowest BCUT2D eigenvalue weighted by molar-refractivity contribution is -0.167. The minimum atomic E-state index is -1.10. The molecule has 0 amide bonds. The number of aryl methyl sites for hydroxylation is 1. The third kappa shape index (κ3) is 5.95. The first-order valence-corrected chi connectivity index (χ1v) is 13.3. The number of hydrogen-bond donors (Lipinski definition) is 0. The van der Waals surface area contributed by atoms with Crippen LogP contribution in [0.2, 0.25) is 0 Å². The molecule has 0 radical (unpaired) electrons. The fraction of sp³-hybridized carbons (Fsp3) is 0.290. The first-order chi connectivity index (χ1) is 19.4. The summed E-state index contributed by atoms with van der Waals surface area (Å²) in [5.41, 5.74) is 2.96. The fourth-order valence-electron chi connectivity index (χ4n) is 4.99. The van der Waals surface area contributed by atoms with E-state index in [1.165, 1.54) is 7.11 Å². The van der Waals surface area contributed by atoms with Crippen LogP contribution >= 0.6 is 0 Å². The van der Waals surface area contributed by atoms with E-state index in [9.17, 15) is 14.4 Å². The molecule has 1 aliphatic rings. The number of fused-ring (bicyclic) bond motifs is 1. The zero-order valence-electron chi connectivity index (χ0n) is 22.7. The molecule has 5 rings (SSSR count). The Kier molecular flexibility index (Phi) is 8.33. The van der Waals surface area contributed by atoms with Gasteiger partial charge in [0.1, 0.15) is 5.82 Å². The van der Waals surface area contributed by atoms with E-state index in [0.717, 1.165) is 11.3 Å². The van der Waals surface area contributed by atoms with Crippen LogP contribution in [0.3, 0.4) is 0 Å². The topological polar surface area (TPSA) is 94.0 Å². The van der Waals surface area contributed by atoms with Crippen molar-refractivity contribution in [2.24, 2.45) is 0 Å². The van der Waals surface area contributed by atoms with Crippen molar-refractivity contribution in [2.75, 3.05) is 39.8 Å². The molecule has 9 nitrogen and oxygen atoms in total. The number of aromatic nitrogens is 2. The summed E-state index contributed by atoms with van der Waals surface area (Å²) < 4.78 is 12.1. The van der Waals surface area contributed by atoms with Crippen LogP contribution in [-0.4, -0.2) is 71.1 Å². The molecule has 0 N–H and O–H groups in total. The second-order valence-corrected chi connectivity index (χ2v) is 9.83. The van der Waals surface area contributed by atoms with E-state index in [-0.39, 0.29) is 12.1 Å². The largest absolute Gasteiger partial charge is 0.466 e. The Morgan fingerprint density at radius 3 is 2.25 bits per heavy atom. The molecule has 1 saturated heterocycles. The van der Waals surface area contributed by atoms with E-state index < -0.39 is 18.0 Å². The summed E-state index contributed by atoms with van der Waals surface area (Å²) in [4.78, 5) is 47.7. The molecule has 1 unspecified atom stereocenters. The molecular formula is C31H32N4O5. The highest BCUT2D eigenvalue weighted by molar-refractivity contribution is 5.81. The highest BCUT2D eigenvalue weighted by Gasteiger charge is 2.28. The summed E-state index contributed by atoms with van der Waals surface area (Å²) in [6.45, 7) is 5.17. The van der Waals surface area contributed by atoms with E-state index in [4.69, 9.17) is 14.5 Å². The number of carbonyl (C=O) groups is 2. The van der Waals surface area contributed by atoms with Crippen LogP contribution in [0.4, 0.5) is 0 Å². The van der Waals surface area contributed by atoms with Gasteiger partial charge in [-0.3, -0.25) is 24.0 Å². The van der Waals surface area contributed by atoms with Gasteiger partial charge in [0.05, 0.1) is 36.8 Å². The maximum Gasteiger partial charge on any atom is 0.351 e. The number of ether oxygens (including phenoxy) is 2. The molecule has 1 fully saturated rings. The molecule has 1 aliphatic heterocycles. The number of benzene rings is 3. The van der Waals surface area contributed by atoms with Gasteiger partial charge in [0.25, 0.3) is 5.56 Å². The summed E-state index contributed by atoms with van der Waals surface area (Å²) in [5.74, 6) is -0.432. The Balaban J connectivity index is 1.27. The minimum absolute atomic E-state index is 0.0658. The SMILES string of the molecule is COC(=O)C(OC(=O)CN1CCN(Cc2nc3ccccc3c(=O)n2-c2ccccc2C)CC1)c1ccccc1. The predicted octanol–water partition coefficient (Wildman–Crippen LogP) is 3.27. The molecule has 9 heteroatoms. The van der Waals surface area contributed by atoms with Crippen LogP contribution in [0.5, 0.6) is 0 Å². The van der Waals surface area contributed by atoms with Gasteiger partial charge in [-0.2, -0.15) is 0 Å². The van der Waals surface area contributed by atoms with Crippen LogP contribution < -0.4 is 5.56 Å².